The monoisotopic (exact) mass is 510 g/mol. The number of benzene rings is 2. The van der Waals surface area contributed by atoms with Crippen LogP contribution < -0.4 is 9.47 Å². The van der Waals surface area contributed by atoms with Crippen LogP contribution in [-0.4, -0.2) is 55.0 Å². The van der Waals surface area contributed by atoms with E-state index in [-0.39, 0.29) is 30.0 Å². The molecule has 3 aromatic rings. The second-order valence-corrected chi connectivity index (χ2v) is 10.3. The van der Waals surface area contributed by atoms with Gasteiger partial charge in [0, 0.05) is 27.9 Å². The fraction of sp³-hybridized carbons (Fsp3) is 0.357. The highest BCUT2D eigenvalue weighted by atomic mass is 32.1. The van der Waals surface area contributed by atoms with E-state index in [4.69, 9.17) is 9.47 Å². The third-order valence-corrected chi connectivity index (χ3v) is 7.22. The van der Waals surface area contributed by atoms with Crippen LogP contribution in [0.15, 0.2) is 54.6 Å². The van der Waals surface area contributed by atoms with Crippen LogP contribution in [0.3, 0.4) is 0 Å². The van der Waals surface area contributed by atoms with Gasteiger partial charge in [0.15, 0.2) is 11.5 Å². The molecular weight excluding hydrogens is 479 g/mol. The molecule has 0 N–H and O–H groups in total. The average Bonchev–Trinajstić information content (AvgIpc) is 3.64. The van der Waals surface area contributed by atoms with Crippen LogP contribution >= 0.6 is 11.3 Å². The molecule has 0 unspecified atom stereocenters. The van der Waals surface area contributed by atoms with Crippen LogP contribution in [0.25, 0.3) is 0 Å². The van der Waals surface area contributed by atoms with E-state index in [9.17, 15) is 14.0 Å². The van der Waals surface area contributed by atoms with Crippen LogP contribution in [0, 0.1) is 12.7 Å². The molecule has 4 rings (SSSR count). The Kier molecular flexibility index (Phi) is 8.25. The minimum atomic E-state index is -0.465. The summed E-state index contributed by atoms with van der Waals surface area (Å²) in [5.74, 6) is 0.393. The summed E-state index contributed by atoms with van der Waals surface area (Å²) in [7, 11) is 3.19. The maximum Gasteiger partial charge on any atom is 0.254 e. The Hall–Kier alpha value is -3.39. The Balaban J connectivity index is 1.51. The molecule has 190 valence electrons. The van der Waals surface area contributed by atoms with Gasteiger partial charge < -0.3 is 19.3 Å². The second kappa shape index (κ2) is 11.6. The van der Waals surface area contributed by atoms with E-state index in [1.165, 1.54) is 23.1 Å². The number of carbonyl (C=O) groups excluding carboxylic acids is 2. The van der Waals surface area contributed by atoms with Crippen molar-refractivity contribution in [2.75, 3.05) is 27.3 Å². The molecule has 1 aliphatic carbocycles. The topological polar surface area (TPSA) is 59.1 Å². The smallest absolute Gasteiger partial charge is 0.254 e. The van der Waals surface area contributed by atoms with E-state index >= 15 is 0 Å². The zero-order valence-corrected chi connectivity index (χ0v) is 21.6. The van der Waals surface area contributed by atoms with E-state index in [1.807, 2.05) is 37.3 Å². The van der Waals surface area contributed by atoms with Crippen molar-refractivity contribution in [3.05, 3.63) is 81.3 Å². The number of nitrogens with zero attached hydrogens (tertiary/aromatic N) is 2. The summed E-state index contributed by atoms with van der Waals surface area (Å²) >= 11 is 1.66. The first-order valence-corrected chi connectivity index (χ1v) is 12.8. The van der Waals surface area contributed by atoms with Gasteiger partial charge in [0.2, 0.25) is 5.91 Å². The van der Waals surface area contributed by atoms with E-state index in [0.29, 0.717) is 31.0 Å². The summed E-state index contributed by atoms with van der Waals surface area (Å²) in [6.45, 7) is 2.96. The Labute approximate surface area is 215 Å². The van der Waals surface area contributed by atoms with Gasteiger partial charge in [0.25, 0.3) is 5.91 Å². The zero-order valence-electron chi connectivity index (χ0n) is 20.8. The normalized spacial score (nSPS) is 12.8. The zero-order chi connectivity index (χ0) is 25.7. The molecule has 1 saturated carbocycles. The number of carbonyl (C=O) groups is 2. The van der Waals surface area contributed by atoms with Gasteiger partial charge in [0.05, 0.1) is 20.8 Å². The lowest BCUT2D eigenvalue weighted by Gasteiger charge is -2.28. The van der Waals surface area contributed by atoms with Crippen LogP contribution in [-0.2, 0) is 17.8 Å². The van der Waals surface area contributed by atoms with E-state index in [1.54, 1.807) is 41.4 Å². The van der Waals surface area contributed by atoms with Crippen molar-refractivity contribution in [3.63, 3.8) is 0 Å². The average molecular weight is 511 g/mol. The van der Waals surface area contributed by atoms with Gasteiger partial charge in [-0.05, 0) is 74.2 Å². The van der Waals surface area contributed by atoms with Gasteiger partial charge in [-0.1, -0.05) is 12.1 Å². The lowest BCUT2D eigenvalue weighted by molar-refractivity contribution is -0.132. The number of ether oxygens (including phenoxy) is 2. The first-order valence-electron chi connectivity index (χ1n) is 12.0. The Morgan fingerprint density at radius 2 is 1.81 bits per heavy atom. The molecular formula is C28H31FN2O4S. The summed E-state index contributed by atoms with van der Waals surface area (Å²) in [6.07, 6.45) is 2.33. The van der Waals surface area contributed by atoms with Crippen molar-refractivity contribution in [2.45, 2.75) is 38.8 Å². The quantitative estimate of drug-likeness (QED) is 0.361. The van der Waals surface area contributed by atoms with Crippen molar-refractivity contribution in [3.8, 4) is 11.5 Å². The van der Waals surface area contributed by atoms with Gasteiger partial charge in [-0.2, -0.15) is 0 Å². The first kappa shape index (κ1) is 25.7. The van der Waals surface area contributed by atoms with Gasteiger partial charge in [-0.3, -0.25) is 9.59 Å². The van der Waals surface area contributed by atoms with Crippen LogP contribution in [0.1, 0.15) is 38.5 Å². The maximum absolute atomic E-state index is 13.7. The van der Waals surface area contributed by atoms with Crippen LogP contribution in [0.4, 0.5) is 4.39 Å². The van der Waals surface area contributed by atoms with Gasteiger partial charge in [0.1, 0.15) is 12.4 Å². The summed E-state index contributed by atoms with van der Waals surface area (Å²) in [5.41, 5.74) is 1.28. The Morgan fingerprint density at radius 1 is 1.03 bits per heavy atom. The Morgan fingerprint density at radius 3 is 2.44 bits per heavy atom. The lowest BCUT2D eigenvalue weighted by Crippen LogP contribution is -2.44. The lowest BCUT2D eigenvalue weighted by atomic mass is 10.1. The number of amides is 2. The predicted octanol–water partition coefficient (Wildman–Crippen LogP) is 5.09. The largest absolute Gasteiger partial charge is 0.493 e. The van der Waals surface area contributed by atoms with E-state index < -0.39 is 5.82 Å². The number of thiophene rings is 1. The summed E-state index contributed by atoms with van der Waals surface area (Å²) in [4.78, 5) is 32.4. The molecule has 0 aliphatic heterocycles. The SMILES string of the molecule is COc1ccc(CCN(Cc2ccc(C)s2)C(=O)CN(C(=O)c2cccc(F)c2)C2CC2)cc1OC. The van der Waals surface area contributed by atoms with Crippen LogP contribution in [0.2, 0.25) is 0 Å². The number of hydrogen-bond acceptors (Lipinski definition) is 5. The predicted molar refractivity (Wildman–Crippen MR) is 138 cm³/mol. The highest BCUT2D eigenvalue weighted by molar-refractivity contribution is 7.11. The molecule has 1 heterocycles. The molecule has 36 heavy (non-hydrogen) atoms. The molecule has 0 radical (unpaired) electrons. The van der Waals surface area contributed by atoms with Crippen molar-refractivity contribution in [1.82, 2.24) is 9.80 Å². The van der Waals surface area contributed by atoms with Gasteiger partial charge in [-0.15, -0.1) is 11.3 Å². The highest BCUT2D eigenvalue weighted by Crippen LogP contribution is 2.30. The number of hydrogen-bond donors (Lipinski definition) is 0. The second-order valence-electron chi connectivity index (χ2n) is 8.94. The van der Waals surface area contributed by atoms with Crippen molar-refractivity contribution in [1.29, 1.82) is 0 Å². The maximum atomic E-state index is 13.7. The Bertz CT molecular complexity index is 1220. The minimum Gasteiger partial charge on any atom is -0.493 e. The summed E-state index contributed by atoms with van der Waals surface area (Å²) in [5, 5.41) is 0. The van der Waals surface area contributed by atoms with Crippen molar-refractivity contribution < 1.29 is 23.5 Å². The summed E-state index contributed by atoms with van der Waals surface area (Å²) in [6, 6.07) is 15.5. The molecule has 6 nitrogen and oxygen atoms in total. The molecule has 0 bridgehead atoms. The van der Waals surface area contributed by atoms with Gasteiger partial charge >= 0.3 is 0 Å². The fourth-order valence-electron chi connectivity index (χ4n) is 4.14. The highest BCUT2D eigenvalue weighted by Gasteiger charge is 2.35. The summed E-state index contributed by atoms with van der Waals surface area (Å²) < 4.78 is 24.5. The van der Waals surface area contributed by atoms with Gasteiger partial charge in [-0.25, -0.2) is 4.39 Å². The van der Waals surface area contributed by atoms with Crippen molar-refractivity contribution >= 4 is 23.2 Å². The molecule has 0 atom stereocenters. The first-order chi connectivity index (χ1) is 17.4. The standard InChI is InChI=1S/C28H31FN2O4S/c1-19-7-11-24(36-19)17-30(14-13-20-8-12-25(34-2)26(15-20)35-3)27(32)18-31(23-9-10-23)28(33)21-5-4-6-22(29)16-21/h4-8,11-12,15-16,23H,9-10,13-14,17-18H2,1-3H3. The van der Waals surface area contributed by atoms with Crippen molar-refractivity contribution in [2.24, 2.45) is 0 Å². The number of halogens is 1. The molecule has 2 amide bonds. The molecule has 8 heteroatoms. The molecule has 1 fully saturated rings. The molecule has 0 spiro atoms. The third kappa shape index (κ3) is 6.43. The third-order valence-electron chi connectivity index (χ3n) is 6.24. The van der Waals surface area contributed by atoms with E-state index in [2.05, 4.69) is 0 Å². The number of methoxy groups -OCH3 is 2. The molecule has 0 saturated heterocycles. The minimum absolute atomic E-state index is 0.0152. The fourth-order valence-corrected chi connectivity index (χ4v) is 5.04. The molecule has 2 aromatic carbocycles. The van der Waals surface area contributed by atoms with E-state index in [0.717, 1.165) is 23.3 Å². The molecule has 1 aromatic heterocycles. The molecule has 1 aliphatic rings. The van der Waals surface area contributed by atoms with Crippen LogP contribution in [0.5, 0.6) is 11.5 Å². The number of aryl methyl sites for hydroxylation is 1. The number of rotatable bonds is 11.